The molecule has 4 nitrogen and oxygen atoms in total. The Morgan fingerprint density at radius 2 is 2.09 bits per heavy atom. The van der Waals surface area contributed by atoms with Gasteiger partial charge >= 0.3 is 0 Å². The maximum atomic E-state index is 12.6. The Balaban J connectivity index is 1.61. The largest absolute Gasteiger partial charge is 0.493 e. The smallest absolute Gasteiger partial charge is 0.268 e. The minimum absolute atomic E-state index is 0.0461. The molecule has 0 radical (unpaired) electrons. The van der Waals surface area contributed by atoms with Gasteiger partial charge in [-0.2, -0.15) is 0 Å². The highest BCUT2D eigenvalue weighted by molar-refractivity contribution is 9.10. The highest BCUT2D eigenvalue weighted by atomic mass is 79.9. The number of ether oxygens (including phenoxy) is 1. The van der Waals surface area contributed by atoms with Crippen molar-refractivity contribution in [3.8, 4) is 5.75 Å². The van der Waals surface area contributed by atoms with Gasteiger partial charge in [0.1, 0.15) is 11.4 Å². The molecule has 1 aromatic heterocycles. The van der Waals surface area contributed by atoms with Gasteiger partial charge in [0.15, 0.2) is 0 Å². The minimum Gasteiger partial charge on any atom is -0.493 e. The van der Waals surface area contributed by atoms with Gasteiger partial charge in [-0.25, -0.2) is 0 Å². The van der Waals surface area contributed by atoms with Crippen molar-refractivity contribution in [1.82, 2.24) is 10.3 Å². The molecule has 1 aliphatic rings. The van der Waals surface area contributed by atoms with Gasteiger partial charge in [0.25, 0.3) is 5.91 Å². The molecule has 0 bridgehead atoms. The maximum absolute atomic E-state index is 12.6. The van der Waals surface area contributed by atoms with Crippen LogP contribution < -0.4 is 10.1 Å². The van der Waals surface area contributed by atoms with Crippen molar-refractivity contribution in [3.63, 3.8) is 0 Å². The van der Waals surface area contributed by atoms with Gasteiger partial charge in [-0.1, -0.05) is 34.1 Å². The number of fused-ring (bicyclic) bond motifs is 2. The molecule has 1 atom stereocenters. The van der Waals surface area contributed by atoms with E-state index >= 15 is 0 Å². The Hall–Kier alpha value is -2.27. The lowest BCUT2D eigenvalue weighted by Crippen LogP contribution is -2.32. The summed E-state index contributed by atoms with van der Waals surface area (Å²) in [6.07, 6.45) is 0.759. The lowest BCUT2D eigenvalue weighted by molar-refractivity contribution is 0.0920. The third kappa shape index (κ3) is 2.72. The molecule has 2 heterocycles. The second-order valence-electron chi connectivity index (χ2n) is 5.62. The zero-order valence-corrected chi connectivity index (χ0v) is 13.9. The number of carbonyl (C=O) groups excluding carboxylic acids is 1. The first kappa shape index (κ1) is 14.3. The fourth-order valence-corrected chi connectivity index (χ4v) is 3.33. The van der Waals surface area contributed by atoms with E-state index in [0.717, 1.165) is 33.1 Å². The van der Waals surface area contributed by atoms with Crippen molar-refractivity contribution in [3.05, 3.63) is 64.3 Å². The minimum atomic E-state index is -0.0981. The number of para-hydroxylation sites is 1. The first-order valence-corrected chi connectivity index (χ1v) is 8.31. The number of rotatable bonds is 2. The lowest BCUT2D eigenvalue weighted by Gasteiger charge is -2.26. The number of amides is 1. The molecular weight excluding hydrogens is 356 g/mol. The van der Waals surface area contributed by atoms with Crippen molar-refractivity contribution in [1.29, 1.82) is 0 Å². The van der Waals surface area contributed by atoms with Gasteiger partial charge in [-0.3, -0.25) is 4.79 Å². The molecule has 0 saturated heterocycles. The second kappa shape index (κ2) is 5.74. The molecule has 0 fully saturated rings. The summed E-state index contributed by atoms with van der Waals surface area (Å²) in [4.78, 5) is 15.8. The summed E-state index contributed by atoms with van der Waals surface area (Å²) in [5.41, 5.74) is 2.55. The average Bonchev–Trinajstić information content (AvgIpc) is 2.99. The fraction of sp³-hybridized carbons (Fsp3) is 0.167. The van der Waals surface area contributed by atoms with E-state index in [2.05, 4.69) is 26.2 Å². The van der Waals surface area contributed by atoms with Crippen LogP contribution in [0, 0.1) is 0 Å². The van der Waals surface area contributed by atoms with Crippen LogP contribution in [0.4, 0.5) is 0 Å². The molecular formula is C18H15BrN2O2. The Morgan fingerprint density at radius 3 is 2.96 bits per heavy atom. The van der Waals surface area contributed by atoms with Crippen LogP contribution in [0.15, 0.2) is 53.0 Å². The predicted octanol–water partition coefficient (Wildman–Crippen LogP) is 4.18. The molecule has 5 heteroatoms. The Bertz CT molecular complexity index is 855. The van der Waals surface area contributed by atoms with Crippen molar-refractivity contribution in [2.75, 3.05) is 6.61 Å². The molecule has 0 saturated carbocycles. The third-order valence-corrected chi connectivity index (χ3v) is 4.58. The van der Waals surface area contributed by atoms with Crippen LogP contribution in [0.5, 0.6) is 5.75 Å². The van der Waals surface area contributed by atoms with Crippen molar-refractivity contribution >= 4 is 32.7 Å². The van der Waals surface area contributed by atoms with Gasteiger partial charge in [-0.05, 0) is 30.3 Å². The summed E-state index contributed by atoms with van der Waals surface area (Å²) < 4.78 is 6.64. The van der Waals surface area contributed by atoms with Crippen LogP contribution in [0.2, 0.25) is 0 Å². The van der Waals surface area contributed by atoms with Gasteiger partial charge < -0.3 is 15.0 Å². The summed E-state index contributed by atoms with van der Waals surface area (Å²) in [5, 5.41) is 4.14. The quantitative estimate of drug-likeness (QED) is 0.710. The number of carbonyl (C=O) groups is 1. The molecule has 0 spiro atoms. The highest BCUT2D eigenvalue weighted by Crippen LogP contribution is 2.34. The average molecular weight is 371 g/mol. The van der Waals surface area contributed by atoms with Crippen LogP contribution in [0.25, 0.3) is 10.9 Å². The second-order valence-corrected chi connectivity index (χ2v) is 6.53. The van der Waals surface area contributed by atoms with Gasteiger partial charge in [0.2, 0.25) is 0 Å². The van der Waals surface area contributed by atoms with Gasteiger partial charge in [0, 0.05) is 27.4 Å². The van der Waals surface area contributed by atoms with Crippen LogP contribution in [0.1, 0.15) is 28.5 Å². The maximum Gasteiger partial charge on any atom is 0.268 e. The number of benzene rings is 2. The number of halogens is 1. The molecule has 1 aliphatic heterocycles. The Morgan fingerprint density at radius 1 is 1.22 bits per heavy atom. The molecule has 23 heavy (non-hydrogen) atoms. The first-order valence-electron chi connectivity index (χ1n) is 7.51. The van der Waals surface area contributed by atoms with E-state index < -0.39 is 0 Å². The van der Waals surface area contributed by atoms with Crippen LogP contribution >= 0.6 is 15.9 Å². The zero-order chi connectivity index (χ0) is 15.8. The molecule has 3 aromatic rings. The van der Waals surface area contributed by atoms with E-state index in [4.69, 9.17) is 4.74 Å². The highest BCUT2D eigenvalue weighted by Gasteiger charge is 2.24. The van der Waals surface area contributed by atoms with Crippen molar-refractivity contribution < 1.29 is 9.53 Å². The predicted molar refractivity (Wildman–Crippen MR) is 92.8 cm³/mol. The topological polar surface area (TPSA) is 54.1 Å². The molecule has 0 aliphatic carbocycles. The molecule has 116 valence electrons. The van der Waals surface area contributed by atoms with Crippen LogP contribution in [-0.4, -0.2) is 17.5 Å². The molecule has 1 amide bonds. The standard InChI is InChI=1S/C18H15BrN2O2/c19-12-5-6-17-13(10-12)15(7-8-23-17)21-18(22)16-9-11-3-1-2-4-14(11)20-16/h1-6,9-10,15,20H,7-8H2,(H,21,22). The van der Waals surface area contributed by atoms with E-state index in [0.29, 0.717) is 12.3 Å². The van der Waals surface area contributed by atoms with Crippen molar-refractivity contribution in [2.24, 2.45) is 0 Å². The van der Waals surface area contributed by atoms with Crippen LogP contribution in [0.3, 0.4) is 0 Å². The number of hydrogen-bond acceptors (Lipinski definition) is 2. The summed E-state index contributed by atoms with van der Waals surface area (Å²) in [6, 6.07) is 15.6. The lowest BCUT2D eigenvalue weighted by atomic mass is 10.0. The number of aromatic nitrogens is 1. The third-order valence-electron chi connectivity index (χ3n) is 4.09. The van der Waals surface area contributed by atoms with E-state index in [9.17, 15) is 4.79 Å². The fourth-order valence-electron chi connectivity index (χ4n) is 2.95. The van der Waals surface area contributed by atoms with Gasteiger partial charge in [-0.15, -0.1) is 0 Å². The molecule has 4 rings (SSSR count). The normalized spacial score (nSPS) is 16.7. The SMILES string of the molecule is O=C(NC1CCOc2ccc(Br)cc21)c1cc2ccccc2[nH]1. The van der Waals surface area contributed by atoms with Gasteiger partial charge in [0.05, 0.1) is 12.6 Å². The Kier molecular flexibility index (Phi) is 3.58. The molecule has 1 unspecified atom stereocenters. The number of aromatic amines is 1. The van der Waals surface area contributed by atoms with E-state index in [-0.39, 0.29) is 11.9 Å². The van der Waals surface area contributed by atoms with E-state index in [1.165, 1.54) is 0 Å². The summed E-state index contributed by atoms with van der Waals surface area (Å²) in [7, 11) is 0. The van der Waals surface area contributed by atoms with E-state index in [1.807, 2.05) is 48.5 Å². The monoisotopic (exact) mass is 370 g/mol. The summed E-state index contributed by atoms with van der Waals surface area (Å²) >= 11 is 3.48. The number of H-pyrrole nitrogens is 1. The summed E-state index contributed by atoms with van der Waals surface area (Å²) in [6.45, 7) is 0.603. The van der Waals surface area contributed by atoms with E-state index in [1.54, 1.807) is 0 Å². The van der Waals surface area contributed by atoms with Crippen LogP contribution in [-0.2, 0) is 0 Å². The Labute approximate surface area is 142 Å². The first-order chi connectivity index (χ1) is 11.2. The number of hydrogen-bond donors (Lipinski definition) is 2. The summed E-state index contributed by atoms with van der Waals surface area (Å²) in [5.74, 6) is 0.737. The molecule has 2 aromatic carbocycles. The van der Waals surface area contributed by atoms with Crippen molar-refractivity contribution in [2.45, 2.75) is 12.5 Å². The number of nitrogens with one attached hydrogen (secondary N) is 2. The molecule has 2 N–H and O–H groups in total. The zero-order valence-electron chi connectivity index (χ0n) is 12.3.